The summed E-state index contributed by atoms with van der Waals surface area (Å²) < 4.78 is 6.70. The number of esters is 1. The molecule has 1 heterocycles. The standard InChI is InChI=1S/C16H20N4O3S/c1-4-13-18-19-16(20(13)5-2)24-10-14(21)17-12-9-7-6-8-11(12)15(22)23-3/h6-9H,4-5,10H2,1-3H3,(H,17,21). The molecule has 8 heteroatoms. The molecule has 0 aliphatic carbocycles. The van der Waals surface area contributed by atoms with Crippen molar-refractivity contribution in [1.82, 2.24) is 14.8 Å². The molecule has 0 radical (unpaired) electrons. The third-order valence-corrected chi connectivity index (χ3v) is 4.33. The minimum atomic E-state index is -0.489. The van der Waals surface area contributed by atoms with Crippen LogP contribution in [0.2, 0.25) is 0 Å². The molecule has 0 saturated heterocycles. The number of methoxy groups -OCH3 is 1. The van der Waals surface area contributed by atoms with E-state index in [-0.39, 0.29) is 11.7 Å². The Balaban J connectivity index is 2.02. The predicted octanol–water partition coefficient (Wildman–Crippen LogP) is 2.38. The third kappa shape index (κ3) is 4.14. The van der Waals surface area contributed by atoms with Gasteiger partial charge in [-0.05, 0) is 19.1 Å². The summed E-state index contributed by atoms with van der Waals surface area (Å²) in [5.41, 5.74) is 0.754. The van der Waals surface area contributed by atoms with Crippen molar-refractivity contribution in [3.8, 4) is 0 Å². The molecule has 1 amide bonds. The lowest BCUT2D eigenvalue weighted by Gasteiger charge is -2.09. The molecule has 1 aromatic carbocycles. The molecule has 128 valence electrons. The molecule has 0 fully saturated rings. The van der Waals surface area contributed by atoms with Crippen LogP contribution in [0.25, 0.3) is 0 Å². The van der Waals surface area contributed by atoms with Gasteiger partial charge < -0.3 is 14.6 Å². The van der Waals surface area contributed by atoms with Crippen molar-refractivity contribution in [2.24, 2.45) is 0 Å². The lowest BCUT2D eigenvalue weighted by molar-refractivity contribution is -0.113. The Kier molecular flexibility index (Phi) is 6.36. The number of rotatable bonds is 7. The fraction of sp³-hybridized carbons (Fsp3) is 0.375. The Morgan fingerprint density at radius 1 is 1.25 bits per heavy atom. The summed E-state index contributed by atoms with van der Waals surface area (Å²) >= 11 is 1.32. The van der Waals surface area contributed by atoms with Gasteiger partial charge in [-0.3, -0.25) is 4.79 Å². The number of aryl methyl sites for hydroxylation is 1. The Bertz CT molecular complexity index is 730. The highest BCUT2D eigenvalue weighted by Gasteiger charge is 2.15. The van der Waals surface area contributed by atoms with Crippen LogP contribution in [0.5, 0.6) is 0 Å². The van der Waals surface area contributed by atoms with Crippen LogP contribution in [0.4, 0.5) is 5.69 Å². The number of carbonyl (C=O) groups excluding carboxylic acids is 2. The van der Waals surface area contributed by atoms with Crippen molar-refractivity contribution in [3.05, 3.63) is 35.7 Å². The van der Waals surface area contributed by atoms with Crippen LogP contribution in [0.3, 0.4) is 0 Å². The number of hydrogen-bond acceptors (Lipinski definition) is 6. The average Bonchev–Trinajstić information content (AvgIpc) is 3.01. The van der Waals surface area contributed by atoms with Gasteiger partial charge in [0.1, 0.15) is 5.82 Å². The van der Waals surface area contributed by atoms with Crippen LogP contribution in [0.15, 0.2) is 29.4 Å². The van der Waals surface area contributed by atoms with Crippen molar-refractivity contribution in [2.75, 3.05) is 18.2 Å². The van der Waals surface area contributed by atoms with Crippen molar-refractivity contribution < 1.29 is 14.3 Å². The number of nitrogens with zero attached hydrogens (tertiary/aromatic N) is 3. The maximum absolute atomic E-state index is 12.2. The topological polar surface area (TPSA) is 86.1 Å². The van der Waals surface area contributed by atoms with Gasteiger partial charge in [-0.25, -0.2) is 4.79 Å². The number of hydrogen-bond donors (Lipinski definition) is 1. The molecule has 2 rings (SSSR count). The molecule has 0 unspecified atom stereocenters. The molecule has 24 heavy (non-hydrogen) atoms. The maximum Gasteiger partial charge on any atom is 0.339 e. The van der Waals surface area contributed by atoms with Gasteiger partial charge in [0.15, 0.2) is 5.16 Å². The Morgan fingerprint density at radius 3 is 2.67 bits per heavy atom. The second kappa shape index (κ2) is 8.49. The van der Waals surface area contributed by atoms with Crippen molar-refractivity contribution >= 4 is 29.3 Å². The molecule has 7 nitrogen and oxygen atoms in total. The molecule has 0 atom stereocenters. The highest BCUT2D eigenvalue weighted by Crippen LogP contribution is 2.19. The second-order valence-electron chi connectivity index (χ2n) is 4.87. The third-order valence-electron chi connectivity index (χ3n) is 3.36. The minimum absolute atomic E-state index is 0.178. The summed E-state index contributed by atoms with van der Waals surface area (Å²) in [6, 6.07) is 6.73. The van der Waals surface area contributed by atoms with E-state index in [0.29, 0.717) is 16.4 Å². The first kappa shape index (κ1) is 18.0. The van der Waals surface area contributed by atoms with Gasteiger partial charge in [-0.15, -0.1) is 10.2 Å². The predicted molar refractivity (Wildman–Crippen MR) is 92.2 cm³/mol. The highest BCUT2D eigenvalue weighted by molar-refractivity contribution is 7.99. The molecule has 0 saturated carbocycles. The molecular formula is C16H20N4O3S. The van der Waals surface area contributed by atoms with E-state index in [1.54, 1.807) is 24.3 Å². The molecule has 0 aliphatic heterocycles. The molecule has 0 spiro atoms. The maximum atomic E-state index is 12.2. The van der Waals surface area contributed by atoms with E-state index in [9.17, 15) is 9.59 Å². The summed E-state index contributed by atoms with van der Waals surface area (Å²) in [5, 5.41) is 11.7. The highest BCUT2D eigenvalue weighted by atomic mass is 32.2. The first-order valence-electron chi connectivity index (χ1n) is 7.62. The normalized spacial score (nSPS) is 10.5. The lowest BCUT2D eigenvalue weighted by Crippen LogP contribution is -2.17. The largest absolute Gasteiger partial charge is 0.465 e. The number of nitrogens with one attached hydrogen (secondary N) is 1. The number of thioether (sulfide) groups is 1. The molecule has 1 aromatic heterocycles. The van der Waals surface area contributed by atoms with Gasteiger partial charge >= 0.3 is 5.97 Å². The van der Waals surface area contributed by atoms with Gasteiger partial charge in [0, 0.05) is 13.0 Å². The Morgan fingerprint density at radius 2 is 2.00 bits per heavy atom. The van der Waals surface area contributed by atoms with Crippen LogP contribution in [0, 0.1) is 0 Å². The van der Waals surface area contributed by atoms with E-state index in [0.717, 1.165) is 18.8 Å². The number of anilines is 1. The molecule has 0 aliphatic rings. The number of ether oxygens (including phenoxy) is 1. The van der Waals surface area contributed by atoms with Gasteiger partial charge in [-0.2, -0.15) is 0 Å². The zero-order chi connectivity index (χ0) is 17.5. The van der Waals surface area contributed by atoms with Gasteiger partial charge in [-0.1, -0.05) is 30.8 Å². The summed E-state index contributed by atoms with van der Waals surface area (Å²) in [5.74, 6) is 0.366. The number of benzene rings is 1. The lowest BCUT2D eigenvalue weighted by atomic mass is 10.2. The Hall–Kier alpha value is -2.35. The smallest absolute Gasteiger partial charge is 0.339 e. The monoisotopic (exact) mass is 348 g/mol. The van der Waals surface area contributed by atoms with E-state index in [1.165, 1.54) is 18.9 Å². The van der Waals surface area contributed by atoms with Crippen LogP contribution < -0.4 is 5.32 Å². The second-order valence-corrected chi connectivity index (χ2v) is 5.81. The summed E-state index contributed by atoms with van der Waals surface area (Å²) in [7, 11) is 1.31. The first-order chi connectivity index (χ1) is 11.6. The molecular weight excluding hydrogens is 328 g/mol. The number of aromatic nitrogens is 3. The van der Waals surface area contributed by atoms with E-state index >= 15 is 0 Å². The van der Waals surface area contributed by atoms with Gasteiger partial charge in [0.25, 0.3) is 0 Å². The van der Waals surface area contributed by atoms with Crippen LogP contribution in [0.1, 0.15) is 30.0 Å². The zero-order valence-electron chi connectivity index (χ0n) is 13.9. The van der Waals surface area contributed by atoms with E-state index < -0.39 is 5.97 Å². The zero-order valence-corrected chi connectivity index (χ0v) is 14.7. The fourth-order valence-corrected chi connectivity index (χ4v) is 3.02. The minimum Gasteiger partial charge on any atom is -0.465 e. The Labute approximate surface area is 144 Å². The van der Waals surface area contributed by atoms with Crippen LogP contribution in [-0.4, -0.2) is 39.5 Å². The first-order valence-corrected chi connectivity index (χ1v) is 8.61. The van der Waals surface area contributed by atoms with Gasteiger partial charge in [0.05, 0.1) is 24.1 Å². The summed E-state index contributed by atoms with van der Waals surface area (Å²) in [6.45, 7) is 4.78. The van der Waals surface area contributed by atoms with E-state index in [1.807, 2.05) is 18.4 Å². The number of amides is 1. The van der Waals surface area contributed by atoms with Crippen LogP contribution >= 0.6 is 11.8 Å². The average molecular weight is 348 g/mol. The van der Waals surface area contributed by atoms with Crippen molar-refractivity contribution in [1.29, 1.82) is 0 Å². The molecule has 1 N–H and O–H groups in total. The quantitative estimate of drug-likeness (QED) is 0.611. The molecule has 0 bridgehead atoms. The van der Waals surface area contributed by atoms with Crippen molar-refractivity contribution in [3.63, 3.8) is 0 Å². The van der Waals surface area contributed by atoms with Crippen LogP contribution in [-0.2, 0) is 22.5 Å². The van der Waals surface area contributed by atoms with Gasteiger partial charge in [0.2, 0.25) is 5.91 Å². The van der Waals surface area contributed by atoms with E-state index in [4.69, 9.17) is 4.74 Å². The fourth-order valence-electron chi connectivity index (χ4n) is 2.20. The number of para-hydroxylation sites is 1. The van der Waals surface area contributed by atoms with Crippen molar-refractivity contribution in [2.45, 2.75) is 32.0 Å². The number of carbonyl (C=O) groups is 2. The van der Waals surface area contributed by atoms with E-state index in [2.05, 4.69) is 15.5 Å². The summed E-state index contributed by atoms with van der Waals surface area (Å²) in [4.78, 5) is 23.9. The summed E-state index contributed by atoms with van der Waals surface area (Å²) in [6.07, 6.45) is 0.792. The molecule has 2 aromatic rings. The SMILES string of the molecule is CCc1nnc(SCC(=O)Nc2ccccc2C(=O)OC)n1CC.